The monoisotopic (exact) mass is 228 g/mol. The van der Waals surface area contributed by atoms with Crippen LogP contribution in [0.5, 0.6) is 0 Å². The third kappa shape index (κ3) is 4.25. The van der Waals surface area contributed by atoms with Crippen LogP contribution in [0.4, 0.5) is 0 Å². The molecule has 0 aromatic carbocycles. The summed E-state index contributed by atoms with van der Waals surface area (Å²) in [5.74, 6) is 0. The number of aryl methyl sites for hydroxylation is 1. The summed E-state index contributed by atoms with van der Waals surface area (Å²) in [5, 5.41) is 4.80. The molecule has 0 aliphatic rings. The number of hydrogen-bond acceptors (Lipinski definition) is 1. The molecule has 0 radical (unpaired) electrons. The van der Waals surface area contributed by atoms with E-state index in [4.69, 9.17) is 11.6 Å². The Morgan fingerprint density at radius 3 is 2.67 bits per heavy atom. The Labute approximate surface area is 97.6 Å². The van der Waals surface area contributed by atoms with Gasteiger partial charge in [-0.1, -0.05) is 13.3 Å². The Bertz CT molecular complexity index is 281. The molecule has 1 heterocycles. The second kappa shape index (κ2) is 6.16. The molecule has 0 N–H and O–H groups in total. The standard InChI is InChI=1S/C12H21ClN2/c1-4-5-11(13)6-7-12-8-9-15(14-12)10(2)3/h8-11H,4-7H2,1-3H3. The SMILES string of the molecule is CCCC(Cl)CCc1ccn(C(C)C)n1. The highest BCUT2D eigenvalue weighted by molar-refractivity contribution is 6.20. The zero-order valence-electron chi connectivity index (χ0n) is 9.91. The van der Waals surface area contributed by atoms with Crippen molar-refractivity contribution in [2.24, 2.45) is 0 Å². The van der Waals surface area contributed by atoms with Crippen molar-refractivity contribution in [3.63, 3.8) is 0 Å². The van der Waals surface area contributed by atoms with Gasteiger partial charge in [0.15, 0.2) is 0 Å². The number of rotatable bonds is 6. The molecule has 1 aromatic heterocycles. The van der Waals surface area contributed by atoms with Gasteiger partial charge in [-0.05, 0) is 39.2 Å². The van der Waals surface area contributed by atoms with Crippen molar-refractivity contribution < 1.29 is 0 Å². The predicted molar refractivity (Wildman–Crippen MR) is 65.5 cm³/mol. The molecule has 0 aliphatic heterocycles. The Balaban J connectivity index is 2.37. The van der Waals surface area contributed by atoms with E-state index < -0.39 is 0 Å². The minimum Gasteiger partial charge on any atom is -0.270 e. The first-order valence-corrected chi connectivity index (χ1v) is 6.25. The van der Waals surface area contributed by atoms with E-state index in [2.05, 4.69) is 31.9 Å². The Morgan fingerprint density at radius 2 is 2.13 bits per heavy atom. The first kappa shape index (κ1) is 12.6. The van der Waals surface area contributed by atoms with Gasteiger partial charge in [0.1, 0.15) is 0 Å². The van der Waals surface area contributed by atoms with Crippen LogP contribution >= 0.6 is 11.6 Å². The third-order valence-corrected chi connectivity index (χ3v) is 2.94. The maximum atomic E-state index is 6.17. The molecule has 0 amide bonds. The molecule has 15 heavy (non-hydrogen) atoms. The fraction of sp³-hybridized carbons (Fsp3) is 0.750. The zero-order chi connectivity index (χ0) is 11.3. The van der Waals surface area contributed by atoms with E-state index in [-0.39, 0.29) is 0 Å². The first-order valence-electron chi connectivity index (χ1n) is 5.81. The summed E-state index contributed by atoms with van der Waals surface area (Å²) in [6.07, 6.45) is 6.34. The molecular formula is C12H21ClN2. The van der Waals surface area contributed by atoms with E-state index in [9.17, 15) is 0 Å². The van der Waals surface area contributed by atoms with Gasteiger partial charge < -0.3 is 0 Å². The van der Waals surface area contributed by atoms with E-state index >= 15 is 0 Å². The first-order chi connectivity index (χ1) is 7.13. The van der Waals surface area contributed by atoms with Crippen molar-refractivity contribution in [2.45, 2.75) is 57.9 Å². The van der Waals surface area contributed by atoms with E-state index in [1.165, 1.54) is 0 Å². The fourth-order valence-electron chi connectivity index (χ4n) is 1.56. The Hall–Kier alpha value is -0.500. The van der Waals surface area contributed by atoms with Crippen LogP contribution in [-0.2, 0) is 6.42 Å². The van der Waals surface area contributed by atoms with Crippen molar-refractivity contribution in [2.75, 3.05) is 0 Å². The Morgan fingerprint density at radius 1 is 1.40 bits per heavy atom. The maximum absolute atomic E-state index is 6.17. The number of nitrogens with zero attached hydrogens (tertiary/aromatic N) is 2. The third-order valence-electron chi connectivity index (χ3n) is 2.51. The van der Waals surface area contributed by atoms with Crippen LogP contribution in [0.3, 0.4) is 0 Å². The number of halogens is 1. The van der Waals surface area contributed by atoms with Gasteiger partial charge in [-0.15, -0.1) is 11.6 Å². The minimum absolute atomic E-state index is 0.305. The lowest BCUT2D eigenvalue weighted by Gasteiger charge is -2.06. The second-order valence-corrected chi connectivity index (χ2v) is 4.92. The quantitative estimate of drug-likeness (QED) is 0.678. The normalized spacial score (nSPS) is 13.4. The molecule has 1 unspecified atom stereocenters. The van der Waals surface area contributed by atoms with Crippen molar-refractivity contribution in [1.29, 1.82) is 0 Å². The summed E-state index contributed by atoms with van der Waals surface area (Å²) in [6.45, 7) is 6.44. The fourth-order valence-corrected chi connectivity index (χ4v) is 1.89. The average molecular weight is 229 g/mol. The summed E-state index contributed by atoms with van der Waals surface area (Å²) >= 11 is 6.17. The highest BCUT2D eigenvalue weighted by Crippen LogP contribution is 2.13. The lowest BCUT2D eigenvalue weighted by molar-refractivity contribution is 0.524. The maximum Gasteiger partial charge on any atom is 0.0625 e. The molecule has 0 spiro atoms. The van der Waals surface area contributed by atoms with E-state index in [1.807, 2.05) is 10.9 Å². The molecule has 3 heteroatoms. The van der Waals surface area contributed by atoms with Crippen LogP contribution in [0.2, 0.25) is 0 Å². The van der Waals surface area contributed by atoms with Crippen LogP contribution in [0.15, 0.2) is 12.3 Å². The largest absolute Gasteiger partial charge is 0.270 e. The van der Waals surface area contributed by atoms with Gasteiger partial charge in [0.2, 0.25) is 0 Å². The molecule has 0 saturated carbocycles. The summed E-state index contributed by atoms with van der Waals surface area (Å²) < 4.78 is 2.00. The van der Waals surface area contributed by atoms with Gasteiger partial charge in [0.05, 0.1) is 5.69 Å². The van der Waals surface area contributed by atoms with E-state index in [0.29, 0.717) is 11.4 Å². The van der Waals surface area contributed by atoms with Gasteiger partial charge in [-0.25, -0.2) is 0 Å². The van der Waals surface area contributed by atoms with Gasteiger partial charge in [-0.3, -0.25) is 4.68 Å². The van der Waals surface area contributed by atoms with E-state index in [0.717, 1.165) is 31.4 Å². The smallest absolute Gasteiger partial charge is 0.0625 e. The molecule has 1 rings (SSSR count). The molecule has 0 aliphatic carbocycles. The number of aromatic nitrogens is 2. The summed E-state index contributed by atoms with van der Waals surface area (Å²) in [4.78, 5) is 0. The van der Waals surface area contributed by atoms with Crippen LogP contribution < -0.4 is 0 Å². The molecule has 1 aromatic rings. The summed E-state index contributed by atoms with van der Waals surface area (Å²) in [6, 6.07) is 2.54. The van der Waals surface area contributed by atoms with Crippen LogP contribution in [-0.4, -0.2) is 15.2 Å². The second-order valence-electron chi connectivity index (χ2n) is 4.31. The molecule has 2 nitrogen and oxygen atoms in total. The summed E-state index contributed by atoms with van der Waals surface area (Å²) in [5.41, 5.74) is 1.16. The van der Waals surface area contributed by atoms with E-state index in [1.54, 1.807) is 0 Å². The van der Waals surface area contributed by atoms with Crippen LogP contribution in [0.25, 0.3) is 0 Å². The predicted octanol–water partition coefficient (Wildman–Crippen LogP) is 3.80. The average Bonchev–Trinajstić information content (AvgIpc) is 2.63. The van der Waals surface area contributed by atoms with Crippen molar-refractivity contribution >= 4 is 11.6 Å². The number of hydrogen-bond donors (Lipinski definition) is 0. The highest BCUT2D eigenvalue weighted by atomic mass is 35.5. The molecule has 0 fully saturated rings. The van der Waals surface area contributed by atoms with Crippen molar-refractivity contribution in [3.05, 3.63) is 18.0 Å². The van der Waals surface area contributed by atoms with Crippen molar-refractivity contribution in [1.82, 2.24) is 9.78 Å². The molecule has 1 atom stereocenters. The van der Waals surface area contributed by atoms with Gasteiger partial charge in [0.25, 0.3) is 0 Å². The van der Waals surface area contributed by atoms with Crippen LogP contribution in [0, 0.1) is 0 Å². The zero-order valence-corrected chi connectivity index (χ0v) is 10.7. The lowest BCUT2D eigenvalue weighted by atomic mass is 10.1. The minimum atomic E-state index is 0.305. The Kier molecular flexibility index (Phi) is 5.16. The molecule has 86 valence electrons. The van der Waals surface area contributed by atoms with Gasteiger partial charge in [0, 0.05) is 17.6 Å². The molecule has 0 bridgehead atoms. The lowest BCUT2D eigenvalue weighted by Crippen LogP contribution is -2.04. The van der Waals surface area contributed by atoms with Gasteiger partial charge >= 0.3 is 0 Å². The molecular weight excluding hydrogens is 208 g/mol. The summed E-state index contributed by atoms with van der Waals surface area (Å²) in [7, 11) is 0. The van der Waals surface area contributed by atoms with Crippen LogP contribution in [0.1, 0.15) is 51.8 Å². The molecule has 0 saturated heterocycles. The van der Waals surface area contributed by atoms with Crippen molar-refractivity contribution in [3.8, 4) is 0 Å². The number of alkyl halides is 1. The van der Waals surface area contributed by atoms with Gasteiger partial charge in [-0.2, -0.15) is 5.10 Å². The topological polar surface area (TPSA) is 17.8 Å². The highest BCUT2D eigenvalue weighted by Gasteiger charge is 2.06.